The second-order valence-electron chi connectivity index (χ2n) is 8.13. The summed E-state index contributed by atoms with van der Waals surface area (Å²) >= 11 is 0. The fourth-order valence-electron chi connectivity index (χ4n) is 4.49. The Hall–Kier alpha value is -2.48. The van der Waals surface area contributed by atoms with Gasteiger partial charge in [-0.1, -0.05) is 0 Å². The van der Waals surface area contributed by atoms with Gasteiger partial charge in [0.2, 0.25) is 17.6 Å². The van der Waals surface area contributed by atoms with Gasteiger partial charge in [0.25, 0.3) is 0 Å². The predicted molar refractivity (Wildman–Crippen MR) is 109 cm³/mol. The third kappa shape index (κ3) is 3.93. The maximum absolute atomic E-state index is 13.4. The number of hydrogen-bond donors (Lipinski definition) is 0. The highest BCUT2D eigenvalue weighted by Crippen LogP contribution is 2.44. The number of hydrogen-bond acceptors (Lipinski definition) is 6. The highest BCUT2D eigenvalue weighted by Gasteiger charge is 2.45. The minimum absolute atomic E-state index is 0.0862. The van der Waals surface area contributed by atoms with Crippen molar-refractivity contribution in [3.8, 4) is 17.2 Å². The SMILES string of the molecule is COc1cc(C2CN(C(=O)C3CC3)CC2C(=O)N2CCOCC2)cc(OC)c1OC. The molecule has 1 aliphatic carbocycles. The van der Waals surface area contributed by atoms with Gasteiger partial charge < -0.3 is 28.7 Å². The summed E-state index contributed by atoms with van der Waals surface area (Å²) in [4.78, 5) is 29.9. The molecule has 2 aliphatic heterocycles. The van der Waals surface area contributed by atoms with E-state index in [9.17, 15) is 9.59 Å². The van der Waals surface area contributed by atoms with E-state index in [1.54, 1.807) is 21.3 Å². The van der Waals surface area contributed by atoms with E-state index in [4.69, 9.17) is 18.9 Å². The summed E-state index contributed by atoms with van der Waals surface area (Å²) in [6.07, 6.45) is 1.90. The molecule has 0 spiro atoms. The average molecular weight is 418 g/mol. The first-order valence-corrected chi connectivity index (χ1v) is 10.5. The van der Waals surface area contributed by atoms with E-state index in [2.05, 4.69) is 0 Å². The van der Waals surface area contributed by atoms with Gasteiger partial charge in [0.15, 0.2) is 11.5 Å². The summed E-state index contributed by atoms with van der Waals surface area (Å²) in [7, 11) is 4.72. The number of rotatable bonds is 6. The minimum atomic E-state index is -0.298. The highest BCUT2D eigenvalue weighted by atomic mass is 16.5. The Kier molecular flexibility index (Phi) is 6.04. The van der Waals surface area contributed by atoms with Crippen molar-refractivity contribution in [1.29, 1.82) is 0 Å². The molecule has 2 amide bonds. The van der Waals surface area contributed by atoms with E-state index < -0.39 is 0 Å². The van der Waals surface area contributed by atoms with E-state index in [-0.39, 0.29) is 29.6 Å². The lowest BCUT2D eigenvalue weighted by Crippen LogP contribution is -2.45. The lowest BCUT2D eigenvalue weighted by Gasteiger charge is -2.31. The molecule has 8 heteroatoms. The topological polar surface area (TPSA) is 77.5 Å². The molecule has 2 heterocycles. The van der Waals surface area contributed by atoms with Crippen LogP contribution in [0.4, 0.5) is 0 Å². The van der Waals surface area contributed by atoms with Gasteiger partial charge in [0.1, 0.15) is 0 Å². The van der Waals surface area contributed by atoms with Crippen LogP contribution in [-0.4, -0.2) is 82.3 Å². The van der Waals surface area contributed by atoms with Crippen molar-refractivity contribution >= 4 is 11.8 Å². The Morgan fingerprint density at radius 3 is 2.07 bits per heavy atom. The normalized spacial score (nSPS) is 24.0. The third-order valence-electron chi connectivity index (χ3n) is 6.31. The Bertz CT molecular complexity index is 778. The second kappa shape index (κ2) is 8.71. The molecule has 2 saturated heterocycles. The Labute approximate surface area is 177 Å². The van der Waals surface area contributed by atoms with Gasteiger partial charge in [-0.15, -0.1) is 0 Å². The van der Waals surface area contributed by atoms with Crippen LogP contribution >= 0.6 is 0 Å². The molecule has 1 aromatic carbocycles. The first-order chi connectivity index (χ1) is 14.6. The van der Waals surface area contributed by atoms with E-state index >= 15 is 0 Å². The molecule has 8 nitrogen and oxygen atoms in total. The maximum Gasteiger partial charge on any atom is 0.228 e. The van der Waals surface area contributed by atoms with Crippen LogP contribution in [0.3, 0.4) is 0 Å². The predicted octanol–water partition coefficient (Wildman–Crippen LogP) is 1.52. The molecule has 1 aromatic rings. The fourth-order valence-corrected chi connectivity index (χ4v) is 4.49. The minimum Gasteiger partial charge on any atom is -0.493 e. The van der Waals surface area contributed by atoms with E-state index in [1.807, 2.05) is 21.9 Å². The van der Waals surface area contributed by atoms with Crippen LogP contribution in [0.2, 0.25) is 0 Å². The summed E-state index contributed by atoms with van der Waals surface area (Å²) in [6.45, 7) is 3.26. The molecule has 164 valence electrons. The number of carbonyl (C=O) groups is 2. The van der Waals surface area contributed by atoms with Crippen molar-refractivity contribution in [2.45, 2.75) is 18.8 Å². The van der Waals surface area contributed by atoms with Gasteiger partial charge in [-0.05, 0) is 30.5 Å². The van der Waals surface area contributed by atoms with Crippen LogP contribution in [0.5, 0.6) is 17.2 Å². The van der Waals surface area contributed by atoms with E-state index in [0.29, 0.717) is 56.6 Å². The molecule has 1 saturated carbocycles. The van der Waals surface area contributed by atoms with E-state index in [0.717, 1.165) is 18.4 Å². The lowest BCUT2D eigenvalue weighted by atomic mass is 9.87. The zero-order chi connectivity index (χ0) is 21.3. The van der Waals surface area contributed by atoms with Gasteiger partial charge in [-0.25, -0.2) is 0 Å². The monoisotopic (exact) mass is 418 g/mol. The number of nitrogens with zero attached hydrogens (tertiary/aromatic N) is 2. The third-order valence-corrected chi connectivity index (χ3v) is 6.31. The van der Waals surface area contributed by atoms with Gasteiger partial charge in [-0.2, -0.15) is 0 Å². The van der Waals surface area contributed by atoms with Crippen molar-refractivity contribution in [1.82, 2.24) is 9.80 Å². The number of ether oxygens (including phenoxy) is 4. The Balaban J connectivity index is 1.66. The van der Waals surface area contributed by atoms with Crippen molar-refractivity contribution < 1.29 is 28.5 Å². The summed E-state index contributed by atoms with van der Waals surface area (Å²) in [5, 5.41) is 0. The van der Waals surface area contributed by atoms with Crippen LogP contribution in [0.15, 0.2) is 12.1 Å². The summed E-state index contributed by atoms with van der Waals surface area (Å²) < 4.78 is 21.9. The van der Waals surface area contributed by atoms with Crippen LogP contribution in [0.1, 0.15) is 24.3 Å². The number of carbonyl (C=O) groups excluding carboxylic acids is 2. The highest BCUT2D eigenvalue weighted by molar-refractivity contribution is 5.85. The molecule has 3 fully saturated rings. The van der Waals surface area contributed by atoms with Gasteiger partial charge in [0.05, 0.1) is 40.5 Å². The Morgan fingerprint density at radius 1 is 0.900 bits per heavy atom. The van der Waals surface area contributed by atoms with Crippen LogP contribution in [0.25, 0.3) is 0 Å². The molecular weight excluding hydrogens is 388 g/mol. The summed E-state index contributed by atoms with van der Waals surface area (Å²) in [5.41, 5.74) is 0.919. The number of benzene rings is 1. The van der Waals surface area contributed by atoms with Crippen LogP contribution in [-0.2, 0) is 14.3 Å². The second-order valence-corrected chi connectivity index (χ2v) is 8.13. The molecule has 4 rings (SSSR count). The number of morpholine rings is 1. The fraction of sp³-hybridized carbons (Fsp3) is 0.636. The molecule has 2 atom stereocenters. The van der Waals surface area contributed by atoms with Crippen molar-refractivity contribution in [3.63, 3.8) is 0 Å². The molecular formula is C22H30N2O6. The van der Waals surface area contributed by atoms with Crippen LogP contribution in [0, 0.1) is 11.8 Å². The zero-order valence-corrected chi connectivity index (χ0v) is 17.9. The standard InChI is InChI=1S/C22H30N2O6/c1-27-18-10-15(11-19(28-2)20(18)29-3)16-12-24(21(25)14-4-5-14)13-17(16)22(26)23-6-8-30-9-7-23/h10-11,14,16-17H,4-9,12-13H2,1-3H3. The lowest BCUT2D eigenvalue weighted by molar-refractivity contribution is -0.140. The Morgan fingerprint density at radius 2 is 1.53 bits per heavy atom. The van der Waals surface area contributed by atoms with E-state index in [1.165, 1.54) is 0 Å². The number of likely N-dealkylation sites (tertiary alicyclic amines) is 1. The number of methoxy groups -OCH3 is 3. The summed E-state index contributed by atoms with van der Waals surface area (Å²) in [5.74, 6) is 1.58. The molecule has 2 unspecified atom stereocenters. The van der Waals surface area contributed by atoms with Gasteiger partial charge in [-0.3, -0.25) is 9.59 Å². The molecule has 30 heavy (non-hydrogen) atoms. The molecule has 3 aliphatic rings. The van der Waals surface area contributed by atoms with Crippen molar-refractivity contribution in [2.75, 3.05) is 60.7 Å². The smallest absolute Gasteiger partial charge is 0.228 e. The molecule has 0 N–H and O–H groups in total. The van der Waals surface area contributed by atoms with Crippen molar-refractivity contribution in [3.05, 3.63) is 17.7 Å². The molecule has 0 bridgehead atoms. The van der Waals surface area contributed by atoms with Crippen molar-refractivity contribution in [2.24, 2.45) is 11.8 Å². The largest absolute Gasteiger partial charge is 0.493 e. The quantitative estimate of drug-likeness (QED) is 0.697. The van der Waals surface area contributed by atoms with Gasteiger partial charge in [0, 0.05) is 38.0 Å². The first-order valence-electron chi connectivity index (χ1n) is 10.5. The number of amides is 2. The van der Waals surface area contributed by atoms with Crippen LogP contribution < -0.4 is 14.2 Å². The van der Waals surface area contributed by atoms with Gasteiger partial charge >= 0.3 is 0 Å². The summed E-state index contributed by atoms with van der Waals surface area (Å²) in [6, 6.07) is 3.80. The average Bonchev–Trinajstić information content (AvgIpc) is 3.55. The molecule has 0 radical (unpaired) electrons. The first kappa shape index (κ1) is 20.8. The molecule has 0 aromatic heterocycles. The zero-order valence-electron chi connectivity index (χ0n) is 17.9. The maximum atomic E-state index is 13.4.